The van der Waals surface area contributed by atoms with Crippen molar-refractivity contribution in [2.75, 3.05) is 18.9 Å². The molecule has 0 saturated carbocycles. The minimum absolute atomic E-state index is 0.125. The van der Waals surface area contributed by atoms with Crippen LogP contribution in [0.15, 0.2) is 24.5 Å². The normalized spacial score (nSPS) is 10.3. The molecule has 7 heteroatoms. The summed E-state index contributed by atoms with van der Waals surface area (Å²) in [5, 5.41) is 10.2. The maximum atomic E-state index is 12.5. The van der Waals surface area contributed by atoms with Gasteiger partial charge in [-0.05, 0) is 25.1 Å². The van der Waals surface area contributed by atoms with Gasteiger partial charge in [-0.1, -0.05) is 11.6 Å². The number of hydrogen-bond donors (Lipinski definition) is 2. The number of aromatic nitrogens is 3. The minimum atomic E-state index is -0.125. The van der Waals surface area contributed by atoms with Crippen molar-refractivity contribution >= 4 is 23.2 Å². The Balaban J connectivity index is 2.21. The molecule has 106 valence electrons. The van der Waals surface area contributed by atoms with Gasteiger partial charge in [0.15, 0.2) is 0 Å². The van der Waals surface area contributed by atoms with Gasteiger partial charge in [-0.2, -0.15) is 5.10 Å². The van der Waals surface area contributed by atoms with Crippen LogP contribution >= 0.6 is 11.6 Å². The fourth-order valence-corrected chi connectivity index (χ4v) is 2.02. The monoisotopic (exact) mass is 293 g/mol. The van der Waals surface area contributed by atoms with Crippen molar-refractivity contribution in [1.82, 2.24) is 20.1 Å². The second kappa shape index (κ2) is 6.38. The molecule has 1 heterocycles. The number of amides is 1. The Morgan fingerprint density at radius 1 is 1.50 bits per heavy atom. The lowest BCUT2D eigenvalue weighted by atomic mass is 10.1. The molecule has 20 heavy (non-hydrogen) atoms. The number of rotatable bonds is 5. The molecule has 0 aliphatic heterocycles. The predicted octanol–water partition coefficient (Wildman–Crippen LogP) is 2.16. The molecule has 0 bridgehead atoms. The van der Waals surface area contributed by atoms with Crippen LogP contribution in [0.3, 0.4) is 0 Å². The zero-order valence-corrected chi connectivity index (χ0v) is 12.1. The highest BCUT2D eigenvalue weighted by Gasteiger charge is 2.17. The number of nitrogens with zero attached hydrogens (tertiary/aromatic N) is 3. The molecule has 0 atom stereocenters. The zero-order valence-electron chi connectivity index (χ0n) is 11.4. The van der Waals surface area contributed by atoms with Crippen LogP contribution in [0, 0.1) is 0 Å². The van der Waals surface area contributed by atoms with E-state index in [0.717, 1.165) is 12.2 Å². The van der Waals surface area contributed by atoms with Crippen molar-refractivity contribution in [3.63, 3.8) is 0 Å². The summed E-state index contributed by atoms with van der Waals surface area (Å²) in [6.07, 6.45) is 1.41. The summed E-state index contributed by atoms with van der Waals surface area (Å²) < 4.78 is 0. The molecular weight excluding hydrogens is 278 g/mol. The van der Waals surface area contributed by atoms with Gasteiger partial charge in [0.05, 0.1) is 12.1 Å². The van der Waals surface area contributed by atoms with Crippen LogP contribution in [0.5, 0.6) is 0 Å². The van der Waals surface area contributed by atoms with E-state index in [1.54, 1.807) is 30.1 Å². The molecule has 1 amide bonds. The topological polar surface area (TPSA) is 73.9 Å². The first-order valence-electron chi connectivity index (χ1n) is 6.25. The summed E-state index contributed by atoms with van der Waals surface area (Å²) in [6, 6.07) is 5.23. The van der Waals surface area contributed by atoms with Crippen molar-refractivity contribution < 1.29 is 4.79 Å². The molecule has 6 nitrogen and oxygen atoms in total. The molecule has 2 N–H and O–H groups in total. The smallest absolute Gasteiger partial charge is 0.256 e. The Morgan fingerprint density at radius 3 is 2.95 bits per heavy atom. The Labute approximate surface area is 122 Å². The van der Waals surface area contributed by atoms with E-state index >= 15 is 0 Å². The number of carbonyl (C=O) groups excluding carboxylic acids is 1. The molecule has 0 aliphatic carbocycles. The summed E-state index contributed by atoms with van der Waals surface area (Å²) in [5.41, 5.74) is 1.31. The van der Waals surface area contributed by atoms with Crippen molar-refractivity contribution in [2.45, 2.75) is 13.5 Å². The fraction of sp³-hybridized carbons (Fsp3) is 0.308. The van der Waals surface area contributed by atoms with Crippen LogP contribution in [-0.2, 0) is 6.54 Å². The van der Waals surface area contributed by atoms with Crippen LogP contribution in [0.25, 0.3) is 0 Å². The number of carbonyl (C=O) groups is 1. The summed E-state index contributed by atoms with van der Waals surface area (Å²) in [5.74, 6) is 0.507. The quantitative estimate of drug-likeness (QED) is 0.886. The highest BCUT2D eigenvalue weighted by Crippen LogP contribution is 2.22. The van der Waals surface area contributed by atoms with Gasteiger partial charge in [-0.15, -0.1) is 0 Å². The summed E-state index contributed by atoms with van der Waals surface area (Å²) in [6.45, 7) is 3.06. The number of halogens is 1. The van der Waals surface area contributed by atoms with Crippen LogP contribution in [0.2, 0.25) is 5.02 Å². The van der Waals surface area contributed by atoms with E-state index in [0.29, 0.717) is 23.0 Å². The predicted molar refractivity (Wildman–Crippen MR) is 77.8 cm³/mol. The van der Waals surface area contributed by atoms with Crippen LogP contribution in [0.1, 0.15) is 23.1 Å². The average molecular weight is 294 g/mol. The molecule has 0 unspecified atom stereocenters. The van der Waals surface area contributed by atoms with Crippen LogP contribution < -0.4 is 5.32 Å². The third-order valence-electron chi connectivity index (χ3n) is 2.78. The Hall–Kier alpha value is -2.08. The third kappa shape index (κ3) is 3.27. The van der Waals surface area contributed by atoms with E-state index in [2.05, 4.69) is 20.5 Å². The summed E-state index contributed by atoms with van der Waals surface area (Å²) in [4.78, 5) is 18.1. The van der Waals surface area contributed by atoms with E-state index in [1.165, 1.54) is 6.33 Å². The van der Waals surface area contributed by atoms with Gasteiger partial charge in [0.1, 0.15) is 12.2 Å². The minimum Gasteiger partial charge on any atom is -0.385 e. The SMILES string of the molecule is CCNc1ccc(Cl)cc1C(=O)N(C)Cc1ncn[nH]1. The lowest BCUT2D eigenvalue weighted by molar-refractivity contribution is 0.0782. The standard InChI is InChI=1S/C13H16ClN5O/c1-3-15-11-5-4-9(14)6-10(11)13(20)19(2)7-12-16-8-17-18-12/h4-6,8,15H,3,7H2,1-2H3,(H,16,17,18). The van der Waals surface area contributed by atoms with Crippen molar-refractivity contribution in [3.8, 4) is 0 Å². The molecule has 2 aromatic rings. The third-order valence-corrected chi connectivity index (χ3v) is 3.01. The van der Waals surface area contributed by atoms with E-state index in [9.17, 15) is 4.79 Å². The van der Waals surface area contributed by atoms with Gasteiger partial charge in [-0.3, -0.25) is 9.89 Å². The molecular formula is C13H16ClN5O. The van der Waals surface area contributed by atoms with Gasteiger partial charge < -0.3 is 10.2 Å². The number of benzene rings is 1. The van der Waals surface area contributed by atoms with Gasteiger partial charge in [0.2, 0.25) is 0 Å². The van der Waals surface area contributed by atoms with E-state index in [4.69, 9.17) is 11.6 Å². The van der Waals surface area contributed by atoms with Gasteiger partial charge in [0, 0.05) is 24.3 Å². The second-order valence-electron chi connectivity index (χ2n) is 4.31. The molecule has 0 radical (unpaired) electrons. The maximum absolute atomic E-state index is 12.5. The van der Waals surface area contributed by atoms with E-state index in [1.807, 2.05) is 6.92 Å². The molecule has 0 aliphatic rings. The number of H-pyrrole nitrogens is 1. The van der Waals surface area contributed by atoms with Gasteiger partial charge in [-0.25, -0.2) is 4.98 Å². The van der Waals surface area contributed by atoms with Gasteiger partial charge >= 0.3 is 0 Å². The van der Waals surface area contributed by atoms with Crippen LogP contribution in [0.4, 0.5) is 5.69 Å². The van der Waals surface area contributed by atoms with E-state index in [-0.39, 0.29) is 5.91 Å². The fourth-order valence-electron chi connectivity index (χ4n) is 1.85. The molecule has 1 aromatic carbocycles. The maximum Gasteiger partial charge on any atom is 0.256 e. The van der Waals surface area contributed by atoms with E-state index < -0.39 is 0 Å². The number of aromatic amines is 1. The van der Waals surface area contributed by atoms with Gasteiger partial charge in [0.25, 0.3) is 5.91 Å². The second-order valence-corrected chi connectivity index (χ2v) is 4.75. The first-order valence-corrected chi connectivity index (χ1v) is 6.62. The Morgan fingerprint density at radius 2 is 2.30 bits per heavy atom. The Kier molecular flexibility index (Phi) is 4.57. The lowest BCUT2D eigenvalue weighted by Gasteiger charge is -2.18. The largest absolute Gasteiger partial charge is 0.385 e. The molecule has 0 saturated heterocycles. The molecule has 2 rings (SSSR count). The average Bonchev–Trinajstić information content (AvgIpc) is 2.93. The van der Waals surface area contributed by atoms with Crippen molar-refractivity contribution in [1.29, 1.82) is 0 Å². The van der Waals surface area contributed by atoms with Crippen LogP contribution in [-0.4, -0.2) is 39.6 Å². The Bertz CT molecular complexity index is 584. The highest BCUT2D eigenvalue weighted by molar-refractivity contribution is 6.31. The zero-order chi connectivity index (χ0) is 14.5. The lowest BCUT2D eigenvalue weighted by Crippen LogP contribution is -2.27. The van der Waals surface area contributed by atoms with Crippen molar-refractivity contribution in [2.24, 2.45) is 0 Å². The molecule has 0 spiro atoms. The first-order chi connectivity index (χ1) is 9.61. The van der Waals surface area contributed by atoms with Crippen molar-refractivity contribution in [3.05, 3.63) is 40.9 Å². The highest BCUT2D eigenvalue weighted by atomic mass is 35.5. The molecule has 0 fully saturated rings. The summed E-state index contributed by atoms with van der Waals surface area (Å²) in [7, 11) is 1.71. The number of anilines is 1. The summed E-state index contributed by atoms with van der Waals surface area (Å²) >= 11 is 5.98. The first kappa shape index (κ1) is 14.3. The number of hydrogen-bond acceptors (Lipinski definition) is 4. The molecule has 1 aromatic heterocycles. The number of nitrogens with one attached hydrogen (secondary N) is 2.